The van der Waals surface area contributed by atoms with E-state index in [1.165, 1.54) is 19.3 Å². The van der Waals surface area contributed by atoms with E-state index < -0.39 is 30.1 Å². The quantitative estimate of drug-likeness (QED) is 0.325. The summed E-state index contributed by atoms with van der Waals surface area (Å²) < 4.78 is 9.87. The second kappa shape index (κ2) is 13.9. The third-order valence-electron chi connectivity index (χ3n) is 5.36. The van der Waals surface area contributed by atoms with E-state index in [2.05, 4.69) is 20.7 Å². The normalized spacial score (nSPS) is 17.2. The molecule has 3 atom stereocenters. The van der Waals surface area contributed by atoms with Crippen LogP contribution in [0.4, 0.5) is 4.79 Å². The van der Waals surface area contributed by atoms with Gasteiger partial charge >= 0.3 is 12.1 Å². The highest BCUT2D eigenvalue weighted by molar-refractivity contribution is 5.87. The summed E-state index contributed by atoms with van der Waals surface area (Å²) in [4.78, 5) is 48.8. The van der Waals surface area contributed by atoms with E-state index in [1.807, 2.05) is 37.3 Å². The molecule has 33 heavy (non-hydrogen) atoms. The van der Waals surface area contributed by atoms with Gasteiger partial charge in [0.25, 0.3) is 0 Å². The summed E-state index contributed by atoms with van der Waals surface area (Å²) in [6, 6.07) is 7.87. The second-order valence-electron chi connectivity index (χ2n) is 7.91. The van der Waals surface area contributed by atoms with Crippen LogP contribution in [0.15, 0.2) is 42.5 Å². The fraction of sp³-hybridized carbons (Fsp3) is 0.500. The van der Waals surface area contributed by atoms with Crippen molar-refractivity contribution < 1.29 is 28.7 Å². The van der Waals surface area contributed by atoms with Gasteiger partial charge in [0.05, 0.1) is 7.11 Å². The van der Waals surface area contributed by atoms with Crippen molar-refractivity contribution in [2.24, 2.45) is 5.92 Å². The molecule has 1 heterocycles. The van der Waals surface area contributed by atoms with Crippen molar-refractivity contribution in [3.05, 3.63) is 48.0 Å². The third-order valence-corrected chi connectivity index (χ3v) is 5.36. The smallest absolute Gasteiger partial charge is 0.408 e. The Labute approximate surface area is 194 Å². The van der Waals surface area contributed by atoms with E-state index in [4.69, 9.17) is 4.74 Å². The SMILES string of the molecule is CCCC[C@H](NC(=O)OCc1ccccc1)C(=O)N[C@H](/C=C/C(=O)OC)C[C@@H]1CCNC1=O. The lowest BCUT2D eigenvalue weighted by Crippen LogP contribution is -2.49. The maximum Gasteiger partial charge on any atom is 0.408 e. The number of hydrogen-bond donors (Lipinski definition) is 3. The number of rotatable bonds is 12. The Morgan fingerprint density at radius 3 is 2.61 bits per heavy atom. The lowest BCUT2D eigenvalue weighted by molar-refractivity contribution is -0.135. The van der Waals surface area contributed by atoms with Crippen molar-refractivity contribution in [2.75, 3.05) is 13.7 Å². The van der Waals surface area contributed by atoms with Gasteiger partial charge in [0, 0.05) is 24.6 Å². The van der Waals surface area contributed by atoms with Crippen LogP contribution in [0.3, 0.4) is 0 Å². The first-order valence-corrected chi connectivity index (χ1v) is 11.2. The summed E-state index contributed by atoms with van der Waals surface area (Å²) >= 11 is 0. The van der Waals surface area contributed by atoms with Crippen molar-refractivity contribution in [1.82, 2.24) is 16.0 Å². The van der Waals surface area contributed by atoms with E-state index in [-0.39, 0.29) is 18.4 Å². The van der Waals surface area contributed by atoms with Crippen LogP contribution >= 0.6 is 0 Å². The first kappa shape index (κ1) is 25.9. The van der Waals surface area contributed by atoms with Crippen LogP contribution < -0.4 is 16.0 Å². The minimum atomic E-state index is -0.806. The van der Waals surface area contributed by atoms with Gasteiger partial charge in [-0.05, 0) is 24.8 Å². The molecule has 1 aromatic carbocycles. The molecule has 0 spiro atoms. The Bertz CT molecular complexity index is 827. The van der Waals surface area contributed by atoms with Crippen molar-refractivity contribution >= 4 is 23.9 Å². The number of benzene rings is 1. The zero-order valence-corrected chi connectivity index (χ0v) is 19.2. The van der Waals surface area contributed by atoms with Crippen molar-refractivity contribution in [3.63, 3.8) is 0 Å². The van der Waals surface area contributed by atoms with Crippen LogP contribution in [0.25, 0.3) is 0 Å². The minimum Gasteiger partial charge on any atom is -0.466 e. The average molecular weight is 460 g/mol. The number of esters is 1. The van der Waals surface area contributed by atoms with E-state index in [0.29, 0.717) is 25.8 Å². The maximum absolute atomic E-state index is 13.0. The molecule has 0 radical (unpaired) electrons. The Morgan fingerprint density at radius 2 is 1.97 bits per heavy atom. The van der Waals surface area contributed by atoms with Crippen molar-refractivity contribution in [1.29, 1.82) is 0 Å². The van der Waals surface area contributed by atoms with Crippen molar-refractivity contribution in [3.8, 4) is 0 Å². The molecule has 1 aromatic rings. The number of amides is 3. The Balaban J connectivity index is 2.01. The molecule has 0 aliphatic carbocycles. The van der Waals surface area contributed by atoms with E-state index >= 15 is 0 Å². The number of ether oxygens (including phenoxy) is 2. The molecular formula is C24H33N3O6. The van der Waals surface area contributed by atoms with E-state index in [9.17, 15) is 19.2 Å². The number of unbranched alkanes of at least 4 members (excludes halogenated alkanes) is 1. The first-order valence-electron chi connectivity index (χ1n) is 11.2. The van der Waals surface area contributed by atoms with Crippen LogP contribution in [0.1, 0.15) is 44.6 Å². The predicted molar refractivity (Wildman–Crippen MR) is 122 cm³/mol. The summed E-state index contributed by atoms with van der Waals surface area (Å²) in [5, 5.41) is 8.25. The number of alkyl carbamates (subject to hydrolysis) is 1. The molecule has 3 N–H and O–H groups in total. The van der Waals surface area contributed by atoms with Gasteiger partial charge < -0.3 is 25.4 Å². The van der Waals surface area contributed by atoms with Gasteiger partial charge in [-0.2, -0.15) is 0 Å². The van der Waals surface area contributed by atoms with Crippen LogP contribution in [-0.4, -0.2) is 49.6 Å². The van der Waals surface area contributed by atoms with E-state index in [1.54, 1.807) is 0 Å². The number of nitrogens with one attached hydrogen (secondary N) is 3. The summed E-state index contributed by atoms with van der Waals surface area (Å²) in [6.45, 7) is 2.66. The second-order valence-corrected chi connectivity index (χ2v) is 7.91. The monoisotopic (exact) mass is 459 g/mol. The number of carbonyl (C=O) groups excluding carboxylic acids is 4. The van der Waals surface area contributed by atoms with Crippen LogP contribution in [0.5, 0.6) is 0 Å². The fourth-order valence-corrected chi connectivity index (χ4v) is 3.49. The van der Waals surface area contributed by atoms with Gasteiger partial charge in [-0.25, -0.2) is 9.59 Å². The van der Waals surface area contributed by atoms with Gasteiger partial charge in [-0.15, -0.1) is 0 Å². The number of carbonyl (C=O) groups is 4. The number of methoxy groups -OCH3 is 1. The summed E-state index contributed by atoms with van der Waals surface area (Å²) in [5.41, 5.74) is 0.838. The van der Waals surface area contributed by atoms with Gasteiger partial charge in [-0.1, -0.05) is 56.2 Å². The Morgan fingerprint density at radius 1 is 1.21 bits per heavy atom. The molecule has 1 aliphatic rings. The lowest BCUT2D eigenvalue weighted by Gasteiger charge is -2.23. The summed E-state index contributed by atoms with van der Waals surface area (Å²) in [5.74, 6) is -1.31. The molecule has 1 aliphatic heterocycles. The zero-order valence-electron chi connectivity index (χ0n) is 19.2. The highest BCUT2D eigenvalue weighted by Crippen LogP contribution is 2.17. The highest BCUT2D eigenvalue weighted by atomic mass is 16.5. The Hall–Kier alpha value is -3.36. The van der Waals surface area contributed by atoms with Gasteiger partial charge in [0.15, 0.2) is 0 Å². The van der Waals surface area contributed by atoms with Crippen LogP contribution in [0.2, 0.25) is 0 Å². The third kappa shape index (κ3) is 9.34. The molecule has 1 fully saturated rings. The fourth-order valence-electron chi connectivity index (χ4n) is 3.49. The molecule has 9 heteroatoms. The largest absolute Gasteiger partial charge is 0.466 e. The van der Waals surface area contributed by atoms with Gasteiger partial charge in [-0.3, -0.25) is 9.59 Å². The van der Waals surface area contributed by atoms with Gasteiger partial charge in [0.2, 0.25) is 11.8 Å². The summed E-state index contributed by atoms with van der Waals surface area (Å²) in [6.07, 6.45) is 5.04. The molecule has 180 valence electrons. The topological polar surface area (TPSA) is 123 Å². The van der Waals surface area contributed by atoms with E-state index in [0.717, 1.165) is 18.4 Å². The van der Waals surface area contributed by atoms with Gasteiger partial charge in [0.1, 0.15) is 12.6 Å². The predicted octanol–water partition coefficient (Wildman–Crippen LogP) is 2.21. The summed E-state index contributed by atoms with van der Waals surface area (Å²) in [7, 11) is 1.26. The molecule has 0 saturated carbocycles. The molecular weight excluding hydrogens is 426 g/mol. The molecule has 3 amide bonds. The molecule has 0 bridgehead atoms. The molecule has 2 rings (SSSR count). The maximum atomic E-state index is 13.0. The molecule has 9 nitrogen and oxygen atoms in total. The average Bonchev–Trinajstić information content (AvgIpc) is 3.23. The first-order chi connectivity index (χ1) is 15.9. The highest BCUT2D eigenvalue weighted by Gasteiger charge is 2.29. The Kier molecular flexibility index (Phi) is 10.9. The molecule has 0 aromatic heterocycles. The van der Waals surface area contributed by atoms with Crippen LogP contribution in [0, 0.1) is 5.92 Å². The standard InChI is InChI=1S/C24H33N3O6/c1-3-4-10-20(27-24(31)33-16-17-8-6-5-7-9-17)23(30)26-19(11-12-21(28)32-2)15-18-13-14-25-22(18)29/h5-9,11-12,18-20H,3-4,10,13-16H2,1-2H3,(H,25,29)(H,26,30)(H,27,31)/b12-11+/t18-,19+,20-/m0/s1. The molecule has 1 saturated heterocycles. The number of hydrogen-bond acceptors (Lipinski definition) is 6. The van der Waals surface area contributed by atoms with Crippen molar-refractivity contribution in [2.45, 2.75) is 57.7 Å². The molecule has 0 unspecified atom stereocenters. The minimum absolute atomic E-state index is 0.0779. The van der Waals surface area contributed by atoms with Crippen LogP contribution in [-0.2, 0) is 30.5 Å². The lowest BCUT2D eigenvalue weighted by atomic mass is 9.97. The zero-order chi connectivity index (χ0) is 24.1.